The monoisotopic (exact) mass is 454 g/mol. The highest BCUT2D eigenvalue weighted by Gasteiger charge is 2.12. The van der Waals surface area contributed by atoms with Crippen LogP contribution in [-0.4, -0.2) is 18.4 Å². The predicted octanol–water partition coefficient (Wildman–Crippen LogP) is 3.99. The first-order chi connectivity index (χ1) is 11.4. The number of rotatable bonds is 4. The van der Waals surface area contributed by atoms with Gasteiger partial charge in [0.2, 0.25) is 0 Å². The summed E-state index contributed by atoms with van der Waals surface area (Å²) in [6.07, 6.45) is 0. The van der Waals surface area contributed by atoms with Crippen LogP contribution in [-0.2, 0) is 0 Å². The number of carbonyl (C=O) groups excluding carboxylic acids is 2. The number of hydrogen-bond acceptors (Lipinski definition) is 3. The lowest BCUT2D eigenvalue weighted by Crippen LogP contribution is -2.41. The molecule has 2 rings (SSSR count). The van der Waals surface area contributed by atoms with E-state index in [-0.39, 0.29) is 0 Å². The van der Waals surface area contributed by atoms with Crippen molar-refractivity contribution in [1.82, 2.24) is 10.9 Å². The van der Waals surface area contributed by atoms with Crippen LogP contribution in [0.1, 0.15) is 33.2 Å². The van der Waals surface area contributed by atoms with Gasteiger partial charge < -0.3 is 4.74 Å². The van der Waals surface area contributed by atoms with Crippen molar-refractivity contribution >= 4 is 43.7 Å². The molecule has 0 saturated carbocycles. The number of nitrogens with one attached hydrogen (secondary N) is 2. The van der Waals surface area contributed by atoms with Crippen LogP contribution in [0.4, 0.5) is 0 Å². The standard InChI is InChI=1S/C17H16Br2N2O3/c1-3-24-15-7-6-12(9-14(15)19)17(23)21-20-16(22)11-5-4-10(2)13(18)8-11/h4-9H,3H2,1-2H3,(H,20,22)(H,21,23). The average molecular weight is 456 g/mol. The molecule has 0 atom stereocenters. The van der Waals surface area contributed by atoms with Crippen molar-refractivity contribution in [3.63, 3.8) is 0 Å². The maximum atomic E-state index is 12.1. The summed E-state index contributed by atoms with van der Waals surface area (Å²) in [6, 6.07) is 10.2. The van der Waals surface area contributed by atoms with Gasteiger partial charge in [-0.3, -0.25) is 20.4 Å². The number of aryl methyl sites for hydroxylation is 1. The van der Waals surface area contributed by atoms with E-state index in [1.807, 2.05) is 19.9 Å². The minimum absolute atomic E-state index is 0.394. The molecule has 7 heteroatoms. The van der Waals surface area contributed by atoms with E-state index in [0.717, 1.165) is 10.0 Å². The highest BCUT2D eigenvalue weighted by molar-refractivity contribution is 9.10. The van der Waals surface area contributed by atoms with E-state index in [0.29, 0.717) is 28.0 Å². The largest absolute Gasteiger partial charge is 0.493 e. The minimum atomic E-state index is -0.418. The first-order valence-corrected chi connectivity index (χ1v) is 8.80. The molecule has 0 unspecified atom stereocenters. The number of amides is 2. The zero-order valence-electron chi connectivity index (χ0n) is 13.2. The maximum absolute atomic E-state index is 12.1. The van der Waals surface area contributed by atoms with Crippen LogP contribution in [0.25, 0.3) is 0 Å². The van der Waals surface area contributed by atoms with Gasteiger partial charge in [0, 0.05) is 15.6 Å². The Kier molecular flexibility index (Phi) is 6.39. The molecule has 0 bridgehead atoms. The van der Waals surface area contributed by atoms with Gasteiger partial charge in [0.1, 0.15) is 5.75 Å². The molecule has 24 heavy (non-hydrogen) atoms. The molecular weight excluding hydrogens is 440 g/mol. The van der Waals surface area contributed by atoms with Crippen molar-refractivity contribution < 1.29 is 14.3 Å². The number of benzene rings is 2. The molecule has 0 radical (unpaired) electrons. The van der Waals surface area contributed by atoms with Crippen LogP contribution in [0, 0.1) is 6.92 Å². The predicted molar refractivity (Wildman–Crippen MR) is 99.1 cm³/mol. The second kappa shape index (κ2) is 8.30. The van der Waals surface area contributed by atoms with Crippen LogP contribution < -0.4 is 15.6 Å². The van der Waals surface area contributed by atoms with E-state index in [1.165, 1.54) is 0 Å². The zero-order chi connectivity index (χ0) is 17.7. The highest BCUT2D eigenvalue weighted by Crippen LogP contribution is 2.25. The molecule has 0 saturated heterocycles. The summed E-state index contributed by atoms with van der Waals surface area (Å²) in [7, 11) is 0. The first kappa shape index (κ1) is 18.5. The van der Waals surface area contributed by atoms with E-state index in [9.17, 15) is 9.59 Å². The summed E-state index contributed by atoms with van der Waals surface area (Å²) in [5.74, 6) is -0.157. The lowest BCUT2D eigenvalue weighted by atomic mass is 10.1. The lowest BCUT2D eigenvalue weighted by molar-refractivity contribution is 0.0846. The Balaban J connectivity index is 2.00. The molecule has 0 spiro atoms. The van der Waals surface area contributed by atoms with E-state index in [1.54, 1.807) is 30.3 Å². The molecule has 2 aromatic rings. The van der Waals surface area contributed by atoms with E-state index >= 15 is 0 Å². The summed E-state index contributed by atoms with van der Waals surface area (Å²) in [6.45, 7) is 4.34. The summed E-state index contributed by atoms with van der Waals surface area (Å²) in [5, 5.41) is 0. The van der Waals surface area contributed by atoms with E-state index < -0.39 is 11.8 Å². The smallest absolute Gasteiger partial charge is 0.269 e. The van der Waals surface area contributed by atoms with Crippen molar-refractivity contribution in [3.05, 3.63) is 62.0 Å². The minimum Gasteiger partial charge on any atom is -0.493 e. The molecule has 2 N–H and O–H groups in total. The van der Waals surface area contributed by atoms with Gasteiger partial charge in [0.25, 0.3) is 11.8 Å². The maximum Gasteiger partial charge on any atom is 0.269 e. The highest BCUT2D eigenvalue weighted by atomic mass is 79.9. The number of hydrogen-bond donors (Lipinski definition) is 2. The van der Waals surface area contributed by atoms with E-state index in [4.69, 9.17) is 4.74 Å². The fourth-order valence-electron chi connectivity index (χ4n) is 1.91. The molecule has 126 valence electrons. The Bertz CT molecular complexity index is 778. The van der Waals surface area contributed by atoms with Crippen LogP contribution in [0.2, 0.25) is 0 Å². The SMILES string of the molecule is CCOc1ccc(C(=O)NNC(=O)c2ccc(C)c(Br)c2)cc1Br. The molecule has 0 fully saturated rings. The zero-order valence-corrected chi connectivity index (χ0v) is 16.3. The number of hydrazine groups is 1. The topological polar surface area (TPSA) is 67.4 Å². The molecule has 0 aliphatic rings. The molecule has 0 aliphatic carbocycles. The van der Waals surface area contributed by atoms with E-state index in [2.05, 4.69) is 42.7 Å². The van der Waals surface area contributed by atoms with Gasteiger partial charge in [-0.1, -0.05) is 22.0 Å². The van der Waals surface area contributed by atoms with Gasteiger partial charge in [-0.05, 0) is 65.7 Å². The van der Waals surface area contributed by atoms with Crippen molar-refractivity contribution in [2.75, 3.05) is 6.61 Å². The number of carbonyl (C=O) groups is 2. The van der Waals surface area contributed by atoms with Gasteiger partial charge >= 0.3 is 0 Å². The Morgan fingerprint density at radius 2 is 1.50 bits per heavy atom. The Hall–Kier alpha value is -1.86. The van der Waals surface area contributed by atoms with Gasteiger partial charge in [0.05, 0.1) is 11.1 Å². The summed E-state index contributed by atoms with van der Waals surface area (Å²) >= 11 is 6.72. The number of ether oxygens (including phenoxy) is 1. The lowest BCUT2D eigenvalue weighted by Gasteiger charge is -2.10. The Labute approximate surface area is 157 Å². The van der Waals surface area contributed by atoms with Gasteiger partial charge in [-0.25, -0.2) is 0 Å². The molecular formula is C17H16Br2N2O3. The Morgan fingerprint density at radius 3 is 2.00 bits per heavy atom. The van der Waals surface area contributed by atoms with Crippen LogP contribution in [0.3, 0.4) is 0 Å². The average Bonchev–Trinajstić information content (AvgIpc) is 2.56. The third-order valence-electron chi connectivity index (χ3n) is 3.22. The summed E-state index contributed by atoms with van der Waals surface area (Å²) in [4.78, 5) is 24.2. The second-order valence-electron chi connectivity index (χ2n) is 4.95. The van der Waals surface area contributed by atoms with Crippen LogP contribution in [0.5, 0.6) is 5.75 Å². The second-order valence-corrected chi connectivity index (χ2v) is 6.66. The Morgan fingerprint density at radius 1 is 0.958 bits per heavy atom. The molecule has 0 aromatic heterocycles. The van der Waals surface area contributed by atoms with Crippen LogP contribution >= 0.6 is 31.9 Å². The fourth-order valence-corrected chi connectivity index (χ4v) is 2.78. The van der Waals surface area contributed by atoms with Crippen molar-refractivity contribution in [2.45, 2.75) is 13.8 Å². The molecule has 0 aliphatic heterocycles. The van der Waals surface area contributed by atoms with Gasteiger partial charge in [-0.2, -0.15) is 0 Å². The van der Waals surface area contributed by atoms with Gasteiger partial charge in [-0.15, -0.1) is 0 Å². The molecule has 2 amide bonds. The van der Waals surface area contributed by atoms with Gasteiger partial charge in [0.15, 0.2) is 0 Å². The normalized spacial score (nSPS) is 10.2. The third-order valence-corrected chi connectivity index (χ3v) is 4.69. The van der Waals surface area contributed by atoms with Crippen LogP contribution in [0.15, 0.2) is 45.3 Å². The van der Waals surface area contributed by atoms with Crippen molar-refractivity contribution in [1.29, 1.82) is 0 Å². The third kappa shape index (κ3) is 4.58. The quantitative estimate of drug-likeness (QED) is 0.685. The fraction of sp³-hybridized carbons (Fsp3) is 0.176. The summed E-state index contributed by atoms with van der Waals surface area (Å²) in [5.41, 5.74) is 6.66. The molecule has 2 aromatic carbocycles. The van der Waals surface area contributed by atoms with Crippen molar-refractivity contribution in [3.8, 4) is 5.75 Å². The van der Waals surface area contributed by atoms with Crippen molar-refractivity contribution in [2.24, 2.45) is 0 Å². The molecule has 5 nitrogen and oxygen atoms in total. The summed E-state index contributed by atoms with van der Waals surface area (Å²) < 4.78 is 6.90. The molecule has 0 heterocycles. The first-order valence-electron chi connectivity index (χ1n) is 7.21. The number of halogens is 2.